The van der Waals surface area contributed by atoms with E-state index in [2.05, 4.69) is 21.2 Å². The van der Waals surface area contributed by atoms with E-state index in [0.717, 1.165) is 26.7 Å². The zero-order chi connectivity index (χ0) is 27.5. The monoisotopic (exact) mass is 576 g/mol. The summed E-state index contributed by atoms with van der Waals surface area (Å²) in [7, 11) is 0. The highest BCUT2D eigenvalue weighted by molar-refractivity contribution is 9.10. The van der Waals surface area contributed by atoms with Gasteiger partial charge in [-0.05, 0) is 77.1 Å². The minimum atomic E-state index is -0.999. The zero-order valence-electron chi connectivity index (χ0n) is 22.5. The molecule has 2 aromatic carbocycles. The van der Waals surface area contributed by atoms with Crippen molar-refractivity contribution in [2.75, 3.05) is 0 Å². The number of pyridine rings is 1. The van der Waals surface area contributed by atoms with Gasteiger partial charge < -0.3 is 10.1 Å². The summed E-state index contributed by atoms with van der Waals surface area (Å²) in [5, 5.41) is 3.89. The van der Waals surface area contributed by atoms with E-state index in [-0.39, 0.29) is 17.7 Å². The first kappa shape index (κ1) is 26.5. The van der Waals surface area contributed by atoms with Crippen molar-refractivity contribution in [1.29, 1.82) is 0 Å². The third kappa shape index (κ3) is 4.35. The molecule has 1 atom stereocenters. The summed E-state index contributed by atoms with van der Waals surface area (Å²) in [6.45, 7) is 9.24. The van der Waals surface area contributed by atoms with Crippen molar-refractivity contribution in [1.82, 2.24) is 10.3 Å². The maximum absolute atomic E-state index is 14.1. The number of hydrogen-bond acceptors (Lipinski definition) is 5. The number of carbonyl (C=O) groups is 3. The number of fused-ring (bicyclic) bond motifs is 4. The molecule has 3 saturated carbocycles. The second-order valence-electron chi connectivity index (χ2n) is 11.8. The molecule has 2 bridgehead atoms. The molecule has 0 aliphatic heterocycles. The third-order valence-corrected chi connectivity index (χ3v) is 8.81. The largest absolute Gasteiger partial charge is 0.460 e. The van der Waals surface area contributed by atoms with Crippen molar-refractivity contribution in [3.8, 4) is 11.3 Å². The fraction of sp³-hybridized carbons (Fsp3) is 0.419. The second kappa shape index (κ2) is 9.30. The van der Waals surface area contributed by atoms with Gasteiger partial charge in [-0.2, -0.15) is 0 Å². The Balaban J connectivity index is 1.52. The highest BCUT2D eigenvalue weighted by Crippen LogP contribution is 2.54. The minimum Gasteiger partial charge on any atom is -0.460 e. The van der Waals surface area contributed by atoms with Crippen LogP contribution in [-0.2, 0) is 14.3 Å². The molecule has 3 aliphatic rings. The van der Waals surface area contributed by atoms with Gasteiger partial charge in [0.1, 0.15) is 5.60 Å². The predicted molar refractivity (Wildman–Crippen MR) is 151 cm³/mol. The predicted octanol–water partition coefficient (Wildman–Crippen LogP) is 6.56. The lowest BCUT2D eigenvalue weighted by atomic mass is 9.51. The maximum atomic E-state index is 14.1. The van der Waals surface area contributed by atoms with Crippen LogP contribution in [0.3, 0.4) is 0 Å². The van der Waals surface area contributed by atoms with Gasteiger partial charge in [-0.15, -0.1) is 0 Å². The molecule has 7 heteroatoms. The first-order valence-corrected chi connectivity index (χ1v) is 13.9. The lowest BCUT2D eigenvalue weighted by Crippen LogP contribution is -2.68. The van der Waals surface area contributed by atoms with Crippen LogP contribution >= 0.6 is 15.9 Å². The van der Waals surface area contributed by atoms with Crippen molar-refractivity contribution in [2.45, 2.75) is 71.4 Å². The van der Waals surface area contributed by atoms with Crippen LogP contribution in [0.5, 0.6) is 0 Å². The number of ether oxygens (including phenoxy) is 1. The van der Waals surface area contributed by atoms with Crippen LogP contribution in [0.4, 0.5) is 0 Å². The lowest BCUT2D eigenvalue weighted by Gasteiger charge is -2.54. The third-order valence-electron chi connectivity index (χ3n) is 8.31. The van der Waals surface area contributed by atoms with Crippen LogP contribution in [0.15, 0.2) is 53.0 Å². The van der Waals surface area contributed by atoms with Gasteiger partial charge in [-0.3, -0.25) is 14.4 Å². The number of nitrogens with zero attached hydrogens (tertiary/aromatic N) is 1. The Bertz CT molecular complexity index is 1450. The number of halogens is 1. The van der Waals surface area contributed by atoms with Gasteiger partial charge in [0.05, 0.1) is 27.7 Å². The Morgan fingerprint density at radius 2 is 1.71 bits per heavy atom. The van der Waals surface area contributed by atoms with E-state index in [1.807, 2.05) is 83.1 Å². The number of esters is 1. The van der Waals surface area contributed by atoms with Crippen molar-refractivity contribution < 1.29 is 19.1 Å². The fourth-order valence-corrected chi connectivity index (χ4v) is 6.56. The average Bonchev–Trinajstić information content (AvgIpc) is 2.86. The summed E-state index contributed by atoms with van der Waals surface area (Å²) in [5.41, 5.74) is 1.17. The maximum Gasteiger partial charge on any atom is 0.313 e. The van der Waals surface area contributed by atoms with Crippen LogP contribution < -0.4 is 5.32 Å². The van der Waals surface area contributed by atoms with Gasteiger partial charge in [0.15, 0.2) is 5.78 Å². The molecule has 1 aromatic heterocycles. The Kier molecular flexibility index (Phi) is 6.49. The molecular formula is C31H33BrN2O4. The Hall–Kier alpha value is -3.06. The smallest absolute Gasteiger partial charge is 0.313 e. The van der Waals surface area contributed by atoms with E-state index in [0.29, 0.717) is 36.8 Å². The summed E-state index contributed by atoms with van der Waals surface area (Å²) in [4.78, 5) is 46.0. The molecule has 6 rings (SSSR count). The van der Waals surface area contributed by atoms with Gasteiger partial charge in [0, 0.05) is 21.3 Å². The molecule has 1 heterocycles. The minimum absolute atomic E-state index is 0.0883. The average molecular weight is 578 g/mol. The summed E-state index contributed by atoms with van der Waals surface area (Å²) in [5.74, 6) is -1.23. The van der Waals surface area contributed by atoms with Crippen molar-refractivity contribution in [3.63, 3.8) is 0 Å². The molecule has 0 radical (unpaired) electrons. The highest BCUT2D eigenvalue weighted by Gasteiger charge is 2.63. The number of ketones is 1. The Morgan fingerprint density at radius 3 is 2.34 bits per heavy atom. The van der Waals surface area contributed by atoms with Gasteiger partial charge in [0.25, 0.3) is 5.91 Å². The van der Waals surface area contributed by atoms with Gasteiger partial charge in [-0.1, -0.05) is 53.2 Å². The van der Waals surface area contributed by atoms with E-state index in [1.54, 1.807) is 0 Å². The van der Waals surface area contributed by atoms with Crippen LogP contribution in [0.2, 0.25) is 0 Å². The standard InChI is InChI=1S/C31H33BrN2O4/c1-18-24(22-17-21(32)11-12-23(22)33-25(18)20-9-7-6-8-10-20)27(36)34-31-15-13-30(14-16-31,19(2)26(31)35)28(37)38-29(3,4)5/h6-12,17,19H,13-16H2,1-5H3,(H,34,36). The number of amides is 1. The van der Waals surface area contributed by atoms with E-state index in [9.17, 15) is 14.4 Å². The molecule has 6 nitrogen and oxygen atoms in total. The first-order valence-electron chi connectivity index (χ1n) is 13.1. The molecule has 1 amide bonds. The second-order valence-corrected chi connectivity index (χ2v) is 12.7. The fourth-order valence-electron chi connectivity index (χ4n) is 6.20. The molecular weight excluding hydrogens is 544 g/mol. The van der Waals surface area contributed by atoms with E-state index in [1.165, 1.54) is 0 Å². The molecule has 1 N–H and O–H groups in total. The SMILES string of the molecule is Cc1c(-c2ccccc2)nc2ccc(Br)cc2c1C(=O)NC12CCC(C(=O)OC(C)(C)C)(CC1)C(C)C2=O. The zero-order valence-corrected chi connectivity index (χ0v) is 24.1. The molecule has 38 heavy (non-hydrogen) atoms. The number of benzene rings is 2. The summed E-state index contributed by atoms with van der Waals surface area (Å²) in [6.07, 6.45) is 1.84. The van der Waals surface area contributed by atoms with Crippen LogP contribution in [0.1, 0.15) is 69.3 Å². The molecule has 3 aliphatic carbocycles. The van der Waals surface area contributed by atoms with Crippen LogP contribution in [0.25, 0.3) is 22.2 Å². The first-order chi connectivity index (χ1) is 17.9. The van der Waals surface area contributed by atoms with Gasteiger partial charge in [-0.25, -0.2) is 4.98 Å². The number of hydrogen-bond donors (Lipinski definition) is 1. The molecule has 3 fully saturated rings. The molecule has 0 saturated heterocycles. The number of aromatic nitrogens is 1. The van der Waals surface area contributed by atoms with E-state index in [4.69, 9.17) is 9.72 Å². The summed E-state index contributed by atoms with van der Waals surface area (Å²) in [6, 6.07) is 15.5. The summed E-state index contributed by atoms with van der Waals surface area (Å²) >= 11 is 3.53. The highest BCUT2D eigenvalue weighted by atomic mass is 79.9. The lowest BCUT2D eigenvalue weighted by molar-refractivity contribution is -0.183. The molecule has 1 unspecified atom stereocenters. The van der Waals surface area contributed by atoms with E-state index < -0.39 is 22.5 Å². The quantitative estimate of drug-likeness (QED) is 0.355. The normalized spacial score (nSPS) is 24.9. The summed E-state index contributed by atoms with van der Waals surface area (Å²) < 4.78 is 6.58. The molecule has 0 spiro atoms. The molecule has 198 valence electrons. The Labute approximate surface area is 231 Å². The van der Waals surface area contributed by atoms with Crippen molar-refractivity contribution >= 4 is 44.5 Å². The molecule has 3 aromatic rings. The van der Waals surface area contributed by atoms with E-state index >= 15 is 0 Å². The van der Waals surface area contributed by atoms with Crippen molar-refractivity contribution in [2.24, 2.45) is 11.3 Å². The van der Waals surface area contributed by atoms with Crippen LogP contribution in [0, 0.1) is 18.3 Å². The van der Waals surface area contributed by atoms with Crippen molar-refractivity contribution in [3.05, 3.63) is 64.1 Å². The Morgan fingerprint density at radius 1 is 1.05 bits per heavy atom. The number of Topliss-reactive ketones (excluding diaryl/α,β-unsaturated/α-hetero) is 1. The van der Waals surface area contributed by atoms with Gasteiger partial charge in [0.2, 0.25) is 0 Å². The van der Waals surface area contributed by atoms with Gasteiger partial charge >= 0.3 is 5.97 Å². The topological polar surface area (TPSA) is 85.4 Å². The number of carbonyl (C=O) groups excluding carboxylic acids is 3. The number of rotatable bonds is 4. The van der Waals surface area contributed by atoms with Crippen LogP contribution in [-0.4, -0.2) is 33.8 Å². The number of nitrogens with one attached hydrogen (secondary N) is 1.